The first kappa shape index (κ1) is 58.8. The summed E-state index contributed by atoms with van der Waals surface area (Å²) in [5.74, 6) is 2.69. The molecule has 3 heterocycles. The van der Waals surface area contributed by atoms with E-state index in [2.05, 4.69) is 323 Å². The molecule has 0 atom stereocenters. The van der Waals surface area contributed by atoms with E-state index in [4.69, 9.17) is 9.72 Å². The fourth-order valence-electron chi connectivity index (χ4n) is 12.5. The Labute approximate surface area is 519 Å². The minimum atomic E-state index is -0.319. The second kappa shape index (κ2) is 22.8. The minimum absolute atomic E-state index is 0. The molecule has 0 radical (unpaired) electrons. The summed E-state index contributed by atoms with van der Waals surface area (Å²) in [5, 5.41) is 2.20. The van der Waals surface area contributed by atoms with Crippen molar-refractivity contribution in [3.05, 3.63) is 281 Å². The van der Waals surface area contributed by atoms with Gasteiger partial charge in [-0.1, -0.05) is 235 Å². The molecule has 0 spiro atoms. The van der Waals surface area contributed by atoms with Crippen molar-refractivity contribution in [1.29, 1.82) is 0 Å². The quantitative estimate of drug-likeness (QED) is 0.102. The van der Waals surface area contributed by atoms with Gasteiger partial charge in [0.05, 0.1) is 0 Å². The van der Waals surface area contributed by atoms with E-state index in [0.29, 0.717) is 23.3 Å². The minimum Gasteiger partial charge on any atom is -0.509 e. The molecule has 12 rings (SSSR count). The first-order valence-corrected chi connectivity index (χ1v) is 29.9. The van der Waals surface area contributed by atoms with Crippen molar-refractivity contribution in [1.82, 2.24) is 9.55 Å². The predicted molar refractivity (Wildman–Crippen MR) is 352 cm³/mol. The number of aromatic nitrogens is 2. The van der Waals surface area contributed by atoms with Crippen molar-refractivity contribution in [3.8, 4) is 28.4 Å². The molecule has 0 unspecified atom stereocenters. The van der Waals surface area contributed by atoms with Crippen LogP contribution in [-0.2, 0) is 42.7 Å². The van der Waals surface area contributed by atoms with Gasteiger partial charge in [-0.25, -0.2) is 4.98 Å². The Bertz CT molecular complexity index is 4130. The fourth-order valence-corrected chi connectivity index (χ4v) is 12.5. The standard InChI is InChI=1S/C79H77N4O.Pt/c1-52(2)66-33-25-34-67(53(3)4)75(66)54-36-39-71-73(42-54)82(62-45-60(78(10,11)56-28-19-15-20-29-56)43-61(46-62)79(12,13)57-30-21-16-22-31-57)51-81(71)63-44-59(76(5,6)7)47-65(49-63)84-64-37-38-69-68-32-23-24-35-70(68)83(72(69)50-64)74-48-58(40-41-80-74)77(8,9)55-26-17-14-18-27-55;/h14-48,51-53H,1-13H3;/q-3;. The van der Waals surface area contributed by atoms with E-state index < -0.39 is 0 Å². The molecule has 0 N–H and O–H groups in total. The average Bonchev–Trinajstić information content (AvgIpc) is 2.08. The van der Waals surface area contributed by atoms with E-state index in [-0.39, 0.29) is 42.7 Å². The number of hydrogen-bond acceptors (Lipinski definition) is 4. The summed E-state index contributed by atoms with van der Waals surface area (Å²) in [7, 11) is 0. The predicted octanol–water partition coefficient (Wildman–Crippen LogP) is 21.2. The van der Waals surface area contributed by atoms with Crippen LogP contribution in [-0.4, -0.2) is 9.55 Å². The van der Waals surface area contributed by atoms with Gasteiger partial charge in [0.1, 0.15) is 5.82 Å². The molecule has 1 aliphatic rings. The topological polar surface area (TPSA) is 33.5 Å². The van der Waals surface area contributed by atoms with E-state index in [9.17, 15) is 0 Å². The smallest absolute Gasteiger partial charge is 0.135 e. The Morgan fingerprint density at radius 1 is 0.447 bits per heavy atom. The average molecular weight is 1290 g/mol. The molecule has 432 valence electrons. The van der Waals surface area contributed by atoms with Crippen molar-refractivity contribution in [2.45, 2.75) is 124 Å². The van der Waals surface area contributed by atoms with Crippen molar-refractivity contribution in [3.63, 3.8) is 0 Å². The van der Waals surface area contributed by atoms with Gasteiger partial charge in [-0.3, -0.25) is 0 Å². The van der Waals surface area contributed by atoms with Crippen LogP contribution in [0.1, 0.15) is 152 Å². The zero-order valence-corrected chi connectivity index (χ0v) is 53.7. The number of anilines is 4. The van der Waals surface area contributed by atoms with E-state index in [1.807, 2.05) is 12.3 Å². The monoisotopic (exact) mass is 1290 g/mol. The molecule has 0 amide bonds. The number of para-hydroxylation sites is 1. The second-order valence-corrected chi connectivity index (χ2v) is 26.2. The molecule has 5 nitrogen and oxygen atoms in total. The van der Waals surface area contributed by atoms with Crippen molar-refractivity contribution in [2.24, 2.45) is 0 Å². The van der Waals surface area contributed by atoms with Crippen LogP contribution < -0.4 is 14.5 Å². The van der Waals surface area contributed by atoms with E-state index in [0.717, 1.165) is 55.9 Å². The second-order valence-electron chi connectivity index (χ2n) is 26.2. The third-order valence-corrected chi connectivity index (χ3v) is 17.9. The SMILES string of the molecule is CC(C)c1cccc(C(C)C)c1-c1ccc2c(c1)N(c1cc(C(C)(C)c3ccccc3)cc(C(C)(C)c3ccccc3)c1)[CH-]N2c1[c-]c(Oc2[c-]c3c(cc2)c2ccccc2n3-c2cc(C(C)(C)c3ccccc3)ccn2)cc(C(C)(C)C)c1.[Pt]. The Morgan fingerprint density at radius 3 is 1.59 bits per heavy atom. The summed E-state index contributed by atoms with van der Waals surface area (Å²) in [5.41, 5.74) is 18.7. The van der Waals surface area contributed by atoms with Crippen LogP contribution in [0.3, 0.4) is 0 Å². The number of nitrogens with zero attached hydrogens (tertiary/aromatic N) is 4. The maximum atomic E-state index is 7.08. The molecule has 0 fully saturated rings. The van der Waals surface area contributed by atoms with Crippen LogP contribution >= 0.6 is 0 Å². The van der Waals surface area contributed by atoms with Crippen molar-refractivity contribution >= 4 is 44.6 Å². The van der Waals surface area contributed by atoms with Gasteiger partial charge < -0.3 is 19.1 Å². The fraction of sp³-hybridized carbons (Fsp3) is 0.241. The Hall–Kier alpha value is -7.98. The Kier molecular flexibility index (Phi) is 15.8. The molecular weight excluding hydrogens is 1220 g/mol. The number of fused-ring (bicyclic) bond motifs is 4. The van der Waals surface area contributed by atoms with Crippen LogP contribution in [0.5, 0.6) is 11.5 Å². The van der Waals surface area contributed by atoms with Crippen LogP contribution in [0.15, 0.2) is 212 Å². The Balaban J connectivity index is 0.00000752. The number of hydrogen-bond donors (Lipinski definition) is 0. The van der Waals surface area contributed by atoms with Gasteiger partial charge in [-0.05, 0) is 121 Å². The van der Waals surface area contributed by atoms with Crippen LogP contribution in [0.2, 0.25) is 0 Å². The molecular formula is C79H77N4OPt-3. The first-order chi connectivity index (χ1) is 40.2. The van der Waals surface area contributed by atoms with E-state index >= 15 is 0 Å². The number of ether oxygens (including phenoxy) is 1. The maximum absolute atomic E-state index is 7.08. The Morgan fingerprint density at radius 2 is 1.01 bits per heavy atom. The number of benzene rings is 9. The van der Waals surface area contributed by atoms with Gasteiger partial charge in [0.2, 0.25) is 0 Å². The van der Waals surface area contributed by atoms with Crippen LogP contribution in [0.4, 0.5) is 22.7 Å². The van der Waals surface area contributed by atoms with Gasteiger partial charge in [0, 0.05) is 77.6 Å². The van der Waals surface area contributed by atoms with E-state index in [1.54, 1.807) is 0 Å². The summed E-state index contributed by atoms with van der Waals surface area (Å²) in [6, 6.07) is 82.9. The number of pyridine rings is 1. The van der Waals surface area contributed by atoms with Gasteiger partial charge in [-0.15, -0.1) is 53.6 Å². The summed E-state index contributed by atoms with van der Waals surface area (Å²) in [6.07, 6.45) is 1.93. The molecule has 0 saturated heterocycles. The van der Waals surface area contributed by atoms with Crippen LogP contribution in [0, 0.1) is 18.8 Å². The van der Waals surface area contributed by atoms with Gasteiger partial charge in [-0.2, -0.15) is 6.07 Å². The normalized spacial score (nSPS) is 13.0. The van der Waals surface area contributed by atoms with E-state index in [1.165, 1.54) is 55.6 Å². The third kappa shape index (κ3) is 11.0. The molecule has 0 bridgehead atoms. The zero-order valence-electron chi connectivity index (χ0n) is 51.5. The van der Waals surface area contributed by atoms with Crippen molar-refractivity contribution < 1.29 is 25.8 Å². The van der Waals surface area contributed by atoms with Gasteiger partial charge >= 0.3 is 0 Å². The largest absolute Gasteiger partial charge is 0.509 e. The molecule has 11 aromatic rings. The zero-order chi connectivity index (χ0) is 58.9. The molecule has 1 aliphatic heterocycles. The molecule has 85 heavy (non-hydrogen) atoms. The van der Waals surface area contributed by atoms with Gasteiger partial charge in [0.25, 0.3) is 0 Å². The summed E-state index contributed by atoms with van der Waals surface area (Å²) >= 11 is 0. The maximum Gasteiger partial charge on any atom is 0.135 e. The summed E-state index contributed by atoms with van der Waals surface area (Å²) in [4.78, 5) is 9.77. The molecule has 6 heteroatoms. The molecule has 0 saturated carbocycles. The molecule has 0 aliphatic carbocycles. The third-order valence-electron chi connectivity index (χ3n) is 17.9. The summed E-state index contributed by atoms with van der Waals surface area (Å²) in [6.45, 7) is 32.3. The molecule has 9 aromatic carbocycles. The summed E-state index contributed by atoms with van der Waals surface area (Å²) < 4.78 is 9.31. The first-order valence-electron chi connectivity index (χ1n) is 29.9. The van der Waals surface area contributed by atoms with Crippen LogP contribution in [0.25, 0.3) is 38.8 Å². The van der Waals surface area contributed by atoms with Crippen molar-refractivity contribution in [2.75, 3.05) is 9.80 Å². The number of rotatable bonds is 14. The van der Waals surface area contributed by atoms with Gasteiger partial charge in [0.15, 0.2) is 0 Å². The molecule has 2 aromatic heterocycles.